The van der Waals surface area contributed by atoms with Gasteiger partial charge in [-0.2, -0.15) is 0 Å². The molecule has 0 aromatic carbocycles. The Morgan fingerprint density at radius 3 is 1.77 bits per heavy atom. The first-order valence-corrected chi connectivity index (χ1v) is 33.4. The van der Waals surface area contributed by atoms with Crippen molar-refractivity contribution in [1.29, 1.82) is 0 Å². The number of ether oxygens (including phenoxy) is 12. The number of carbonyl (C=O) groups is 3. The molecule has 37 atom stereocenters. The summed E-state index contributed by atoms with van der Waals surface area (Å²) in [6.07, 6.45) is -40.7. The Morgan fingerprint density at radius 2 is 1.11 bits per heavy atom. The molecule has 0 aromatic heterocycles. The van der Waals surface area contributed by atoms with Crippen LogP contribution in [0.5, 0.6) is 0 Å². The first kappa shape index (κ1) is 73.5. The normalized spacial score (nSPS) is 54.7. The molecule has 31 heteroatoms. The van der Waals surface area contributed by atoms with E-state index < -0.39 is 237 Å². The van der Waals surface area contributed by atoms with Crippen molar-refractivity contribution in [3.8, 4) is 0 Å². The van der Waals surface area contributed by atoms with Crippen LogP contribution < -0.4 is 0 Å². The van der Waals surface area contributed by atoms with Gasteiger partial charge in [0.2, 0.25) is 6.29 Å². The van der Waals surface area contributed by atoms with Crippen LogP contribution in [0.25, 0.3) is 0 Å². The van der Waals surface area contributed by atoms with Crippen LogP contribution in [0.3, 0.4) is 0 Å². The monoisotopic (exact) mass is 1360 g/mol. The third-order valence-electron chi connectivity index (χ3n) is 24.7. The van der Waals surface area contributed by atoms with Gasteiger partial charge < -0.3 is 143 Å². The number of aldehydes is 1. The lowest BCUT2D eigenvalue weighted by atomic mass is 9.33. The number of fused-ring (bicyclic) bond motifs is 7. The molecule has 542 valence electrons. The molecular weight excluding hydrogens is 1260 g/mol. The largest absolute Gasteiger partial charge is 0.479 e. The highest BCUT2D eigenvalue weighted by atomic mass is 16.8. The van der Waals surface area contributed by atoms with Crippen LogP contribution in [-0.2, 0) is 71.2 Å². The van der Waals surface area contributed by atoms with Crippen molar-refractivity contribution in [1.82, 2.24) is 0 Å². The highest BCUT2D eigenvalue weighted by molar-refractivity contribution is 5.79. The number of aliphatic hydroxyl groups excluding tert-OH is 15. The van der Waals surface area contributed by atoms with Gasteiger partial charge in [-0.25, -0.2) is 4.79 Å². The van der Waals surface area contributed by atoms with E-state index in [0.29, 0.717) is 57.8 Å². The lowest BCUT2D eigenvalue weighted by Crippen LogP contribution is -2.68. The molecule has 37 unspecified atom stereocenters. The number of carboxylic acids is 1. The molecule has 0 bridgehead atoms. The molecule has 5 aliphatic carbocycles. The summed E-state index contributed by atoms with van der Waals surface area (Å²) in [5.74, 6) is -3.01. The Kier molecular flexibility index (Phi) is 21.1. The molecule has 0 radical (unpaired) electrons. The number of hydrogen-bond donors (Lipinski definition) is 16. The predicted octanol–water partition coefficient (Wildman–Crippen LogP) is -3.78. The first-order valence-electron chi connectivity index (χ1n) is 33.4. The van der Waals surface area contributed by atoms with Crippen LogP contribution in [0.1, 0.15) is 120 Å². The van der Waals surface area contributed by atoms with Crippen molar-refractivity contribution in [2.75, 3.05) is 19.8 Å². The molecule has 0 spiro atoms. The zero-order valence-electron chi connectivity index (χ0n) is 54.6. The summed E-state index contributed by atoms with van der Waals surface area (Å²) in [6.45, 7) is 14.0. The molecule has 31 nitrogen and oxygen atoms in total. The number of hydrogen-bond acceptors (Lipinski definition) is 30. The van der Waals surface area contributed by atoms with Crippen LogP contribution in [0.2, 0.25) is 0 Å². The molecule has 11 rings (SSSR count). The zero-order valence-corrected chi connectivity index (χ0v) is 54.6. The quantitative estimate of drug-likeness (QED) is 0.0324. The summed E-state index contributed by atoms with van der Waals surface area (Å²) >= 11 is 0. The van der Waals surface area contributed by atoms with Gasteiger partial charge in [0.05, 0.1) is 49.0 Å². The Bertz CT molecular complexity index is 2760. The van der Waals surface area contributed by atoms with E-state index in [0.717, 1.165) is 11.9 Å². The van der Waals surface area contributed by atoms with E-state index in [1.165, 1.54) is 13.8 Å². The summed E-state index contributed by atoms with van der Waals surface area (Å²) in [7, 11) is 0. The molecule has 6 saturated heterocycles. The Morgan fingerprint density at radius 1 is 0.537 bits per heavy atom. The first-order chi connectivity index (χ1) is 44.5. The summed E-state index contributed by atoms with van der Waals surface area (Å²) in [6, 6.07) is 0. The maximum absolute atomic E-state index is 15.6. The minimum Gasteiger partial charge on any atom is -0.479 e. The molecule has 16 N–H and O–H groups in total. The van der Waals surface area contributed by atoms with Crippen LogP contribution in [0.15, 0.2) is 11.6 Å². The van der Waals surface area contributed by atoms with Crippen LogP contribution in [0.4, 0.5) is 0 Å². The minimum absolute atomic E-state index is 0.0388. The average Bonchev–Trinajstić information content (AvgIpc) is 0.675. The maximum Gasteiger partial charge on any atom is 0.335 e. The highest BCUT2D eigenvalue weighted by Gasteiger charge is 2.71. The van der Waals surface area contributed by atoms with Crippen molar-refractivity contribution in [3.05, 3.63) is 11.6 Å². The fourth-order valence-corrected chi connectivity index (χ4v) is 18.7. The molecule has 6 heterocycles. The summed E-state index contributed by atoms with van der Waals surface area (Å²) in [5, 5.41) is 173. The minimum atomic E-state index is -2.09. The number of rotatable bonds is 15. The number of allylic oxidation sites excluding steroid dienone is 2. The second-order valence-electron chi connectivity index (χ2n) is 30.7. The SMILES string of the molecule is CC1OC(OC(=O)C23CCC(C)(C)CC2C2=CCC4C5(C)CCC(OC6OC(C(=O)O)C(O)C(O)C6OC6OC(CO)C(O)C(O)C6O)C(C)(C=O)C5CCC4(C)C2(C)CC3)C(OC2OC(C)C(OC3OCC(O)C(OC4OCC(O)C(O)C4O)C3O)C(O)C2O)C(O)C1O. The molecule has 11 aliphatic rings. The van der Waals surface area contributed by atoms with Crippen molar-refractivity contribution in [2.24, 2.45) is 50.2 Å². The van der Waals surface area contributed by atoms with Gasteiger partial charge in [0.25, 0.3) is 0 Å². The van der Waals surface area contributed by atoms with Crippen LogP contribution in [-0.4, -0.2) is 298 Å². The van der Waals surface area contributed by atoms with Gasteiger partial charge in [-0.15, -0.1) is 0 Å². The molecule has 0 aromatic rings. The van der Waals surface area contributed by atoms with Gasteiger partial charge >= 0.3 is 11.9 Å². The second-order valence-corrected chi connectivity index (χ2v) is 30.7. The Labute approximate surface area is 549 Å². The van der Waals surface area contributed by atoms with E-state index in [1.807, 2.05) is 0 Å². The van der Waals surface area contributed by atoms with E-state index in [-0.39, 0.29) is 29.6 Å². The topological polar surface area (TPSA) is 486 Å². The standard InChI is InChI=1S/C64H100O31/c1-24-34(69)38(73)49(93-54-44(79)41(76)46(25(2)87-54)90-53-45(80)47(29(68)22-85-53)91-52-42(77)35(70)28(67)21-84-52)56(86-24)95-58(83)64-17-15-59(3,4)19-27(64)26-9-10-32-60(5)13-12-33(61(6,23-66)31(60)11-14-63(32,8)62(26,7)16-18-64)89-57-50(40(75)39(74)48(92-57)51(81)82)94-55-43(78)37(72)36(71)30(20-65)88-55/h9,23-25,27-50,52-57,65,67-80H,10-22H2,1-8H3,(H,81,82). The van der Waals surface area contributed by atoms with Crippen LogP contribution >= 0.6 is 0 Å². The van der Waals surface area contributed by atoms with Gasteiger partial charge in [-0.1, -0.05) is 53.2 Å². The molecule has 10 fully saturated rings. The smallest absolute Gasteiger partial charge is 0.335 e. The third kappa shape index (κ3) is 12.5. The average molecular weight is 1370 g/mol. The van der Waals surface area contributed by atoms with Crippen molar-refractivity contribution < 1.29 is 153 Å². The summed E-state index contributed by atoms with van der Waals surface area (Å²) in [5.41, 5.74) is -3.01. The highest BCUT2D eigenvalue weighted by Crippen LogP contribution is 2.76. The molecular formula is C64H100O31. The molecule has 95 heavy (non-hydrogen) atoms. The van der Waals surface area contributed by atoms with E-state index >= 15 is 4.79 Å². The van der Waals surface area contributed by atoms with E-state index in [9.17, 15) is 91.3 Å². The van der Waals surface area contributed by atoms with E-state index in [1.54, 1.807) is 6.92 Å². The zero-order chi connectivity index (χ0) is 69.3. The number of carboxylic acid groups (broad SMARTS) is 1. The van der Waals surface area contributed by atoms with Gasteiger partial charge in [0.15, 0.2) is 43.7 Å². The maximum atomic E-state index is 15.6. The fraction of sp³-hybridized carbons (Fsp3) is 0.922. The van der Waals surface area contributed by atoms with Crippen molar-refractivity contribution in [3.63, 3.8) is 0 Å². The number of esters is 1. The Hall–Kier alpha value is -2.69. The lowest BCUT2D eigenvalue weighted by molar-refractivity contribution is -0.378. The predicted molar refractivity (Wildman–Crippen MR) is 314 cm³/mol. The molecule has 6 aliphatic heterocycles. The summed E-state index contributed by atoms with van der Waals surface area (Å²) in [4.78, 5) is 42.0. The van der Waals surface area contributed by atoms with Gasteiger partial charge in [0, 0.05) is 0 Å². The van der Waals surface area contributed by atoms with Crippen molar-refractivity contribution >= 4 is 18.2 Å². The fourth-order valence-electron chi connectivity index (χ4n) is 18.7. The van der Waals surface area contributed by atoms with Gasteiger partial charge in [0.1, 0.15) is 116 Å². The van der Waals surface area contributed by atoms with Crippen molar-refractivity contribution in [2.45, 2.75) is 298 Å². The number of aliphatic carboxylic acids is 1. The second kappa shape index (κ2) is 27.3. The Balaban J connectivity index is 0.798. The molecule has 4 saturated carbocycles. The van der Waals surface area contributed by atoms with Gasteiger partial charge in [-0.3, -0.25) is 4.79 Å². The van der Waals surface area contributed by atoms with Crippen LogP contribution in [0, 0.1) is 50.2 Å². The third-order valence-corrected chi connectivity index (χ3v) is 24.7. The molecule has 0 amide bonds. The number of carbonyl (C=O) groups excluding carboxylic acids is 2. The summed E-state index contributed by atoms with van der Waals surface area (Å²) < 4.78 is 71.2. The van der Waals surface area contributed by atoms with Gasteiger partial charge in [-0.05, 0) is 117 Å². The lowest BCUT2D eigenvalue weighted by Gasteiger charge is -2.71. The van der Waals surface area contributed by atoms with E-state index in [2.05, 4.69) is 40.7 Å². The van der Waals surface area contributed by atoms with E-state index in [4.69, 9.17) is 56.8 Å². The number of aliphatic hydroxyl groups is 15.